The number of hydrogen-bond donors (Lipinski definition) is 1. The highest BCUT2D eigenvalue weighted by atomic mass is 32.2. The van der Waals surface area contributed by atoms with E-state index in [-0.39, 0.29) is 13.2 Å². The summed E-state index contributed by atoms with van der Waals surface area (Å²) >= 11 is 1.51. The number of carbonyl (C=O) groups excluding carboxylic acids is 1. The second-order valence-corrected chi connectivity index (χ2v) is 12.3. The summed E-state index contributed by atoms with van der Waals surface area (Å²) in [5.74, 6) is 0.0169. The van der Waals surface area contributed by atoms with Gasteiger partial charge in [0.05, 0.1) is 22.6 Å². The average Bonchev–Trinajstić information content (AvgIpc) is 3.03. The second-order valence-electron chi connectivity index (χ2n) is 11.2. The van der Waals surface area contributed by atoms with Crippen molar-refractivity contribution in [3.05, 3.63) is 84.4 Å². The average molecular weight is 637 g/mol. The summed E-state index contributed by atoms with van der Waals surface area (Å²) in [5, 5.41) is 1.99. The molecule has 2 N–H and O–H groups in total. The van der Waals surface area contributed by atoms with E-state index in [4.69, 9.17) is 15.2 Å². The normalized spacial score (nSPS) is 15.5. The van der Waals surface area contributed by atoms with Crippen molar-refractivity contribution in [2.24, 2.45) is 0 Å². The third-order valence-electron chi connectivity index (χ3n) is 8.17. The van der Waals surface area contributed by atoms with E-state index in [1.807, 2.05) is 65.6 Å². The monoisotopic (exact) mass is 636 g/mol. The molecule has 2 aliphatic heterocycles. The van der Waals surface area contributed by atoms with Crippen molar-refractivity contribution in [3.8, 4) is 5.75 Å². The van der Waals surface area contributed by atoms with Crippen molar-refractivity contribution in [3.63, 3.8) is 0 Å². The Morgan fingerprint density at radius 3 is 2.22 bits per heavy atom. The lowest BCUT2D eigenvalue weighted by atomic mass is 10.1. The molecule has 0 saturated carbocycles. The molecule has 0 atom stereocenters. The van der Waals surface area contributed by atoms with Crippen LogP contribution in [0.4, 0.5) is 30.2 Å². The van der Waals surface area contributed by atoms with Gasteiger partial charge in [-0.25, -0.2) is 4.79 Å². The van der Waals surface area contributed by atoms with Gasteiger partial charge in [0.1, 0.15) is 12.4 Å². The zero-order valence-electron chi connectivity index (χ0n) is 24.8. The molecule has 0 radical (unpaired) electrons. The van der Waals surface area contributed by atoms with Crippen LogP contribution in [0.1, 0.15) is 12.0 Å². The highest BCUT2D eigenvalue weighted by Crippen LogP contribution is 2.49. The number of fused-ring (bicyclic) bond motifs is 3. The second kappa shape index (κ2) is 13.6. The largest absolute Gasteiger partial charge is 0.480 e. The quantitative estimate of drug-likeness (QED) is 0.153. The lowest BCUT2D eigenvalue weighted by Gasteiger charge is -2.36. The van der Waals surface area contributed by atoms with Crippen molar-refractivity contribution < 1.29 is 27.4 Å². The number of piperazine rings is 1. The van der Waals surface area contributed by atoms with Gasteiger partial charge < -0.3 is 25.0 Å². The van der Waals surface area contributed by atoms with E-state index in [9.17, 15) is 18.0 Å². The molecule has 1 saturated heterocycles. The summed E-state index contributed by atoms with van der Waals surface area (Å²) in [6, 6.07) is 23.3. The first-order chi connectivity index (χ1) is 21.7. The number of esters is 1. The van der Waals surface area contributed by atoms with Crippen LogP contribution in [0.3, 0.4) is 0 Å². The number of carbonyl (C=O) groups is 1. The molecule has 0 amide bonds. The van der Waals surface area contributed by atoms with E-state index < -0.39 is 17.7 Å². The van der Waals surface area contributed by atoms with Crippen molar-refractivity contribution >= 4 is 45.6 Å². The molecular weight excluding hydrogens is 601 g/mol. The molecule has 0 aliphatic carbocycles. The number of alkyl halides is 3. The molecule has 236 valence electrons. The molecule has 4 aromatic rings. The number of para-hydroxylation sites is 1. The first-order valence-corrected chi connectivity index (χ1v) is 15.8. The standard InChI is InChI=1S/C34H35F3N4O3S/c35-34(36,37)26-10-11-32-29(22-26)41(28-8-3-4-9-31(28)45-32)13-5-12-39-14-16-40(17-15-39)18-19-43-33(42)23-44-30-21-25-7-2-1-6-24(25)20-27(30)38/h1-4,6-11,20-22H,5,12-19,23,38H2. The van der Waals surface area contributed by atoms with Crippen LogP contribution in [0.2, 0.25) is 0 Å². The Balaban J connectivity index is 0.933. The van der Waals surface area contributed by atoms with E-state index in [2.05, 4.69) is 9.80 Å². The third kappa shape index (κ3) is 7.49. The summed E-state index contributed by atoms with van der Waals surface area (Å²) < 4.78 is 51.6. The lowest BCUT2D eigenvalue weighted by Crippen LogP contribution is -2.47. The van der Waals surface area contributed by atoms with Gasteiger partial charge in [0.15, 0.2) is 6.61 Å². The predicted octanol–water partition coefficient (Wildman–Crippen LogP) is 6.67. The molecule has 2 heterocycles. The molecule has 0 aromatic heterocycles. The van der Waals surface area contributed by atoms with E-state index in [0.717, 1.165) is 71.5 Å². The van der Waals surface area contributed by atoms with Gasteiger partial charge in [-0.2, -0.15) is 13.2 Å². The number of rotatable bonds is 10. The Labute approximate surface area is 264 Å². The number of nitrogens with zero attached hydrogens (tertiary/aromatic N) is 3. The fourth-order valence-electron chi connectivity index (χ4n) is 5.76. The van der Waals surface area contributed by atoms with Crippen LogP contribution < -0.4 is 15.4 Å². The molecule has 7 nitrogen and oxygen atoms in total. The number of ether oxygens (including phenoxy) is 2. The van der Waals surface area contributed by atoms with E-state index >= 15 is 0 Å². The molecule has 4 aromatic carbocycles. The lowest BCUT2D eigenvalue weighted by molar-refractivity contribution is -0.146. The number of benzene rings is 4. The zero-order valence-corrected chi connectivity index (χ0v) is 25.6. The number of nitrogen functional groups attached to an aromatic ring is 1. The predicted molar refractivity (Wildman–Crippen MR) is 171 cm³/mol. The fraction of sp³-hybridized carbons (Fsp3) is 0.324. The van der Waals surface area contributed by atoms with Gasteiger partial charge in [-0.05, 0) is 66.2 Å². The van der Waals surface area contributed by atoms with Gasteiger partial charge in [-0.3, -0.25) is 4.90 Å². The van der Waals surface area contributed by atoms with Crippen molar-refractivity contribution in [2.75, 3.05) is 69.7 Å². The highest BCUT2D eigenvalue weighted by Gasteiger charge is 2.33. The van der Waals surface area contributed by atoms with Crippen LogP contribution >= 0.6 is 11.8 Å². The Hall–Kier alpha value is -3.93. The minimum Gasteiger partial charge on any atom is -0.480 e. The SMILES string of the molecule is Nc1cc2ccccc2cc1OCC(=O)OCCN1CCN(CCCN2c3ccccc3Sc3ccc(C(F)(F)F)cc32)CC1. The smallest absolute Gasteiger partial charge is 0.416 e. The van der Waals surface area contributed by atoms with Crippen molar-refractivity contribution in [1.29, 1.82) is 0 Å². The fourth-order valence-corrected chi connectivity index (χ4v) is 6.84. The molecule has 0 bridgehead atoms. The molecule has 2 aliphatic rings. The number of halogens is 3. The Kier molecular flexibility index (Phi) is 9.39. The molecular formula is C34H35F3N4O3S. The Bertz CT molecular complexity index is 1660. The minimum atomic E-state index is -4.39. The molecule has 45 heavy (non-hydrogen) atoms. The number of anilines is 3. The van der Waals surface area contributed by atoms with Crippen LogP contribution in [-0.2, 0) is 15.7 Å². The van der Waals surface area contributed by atoms with Crippen molar-refractivity contribution in [1.82, 2.24) is 9.80 Å². The first kappa shape index (κ1) is 31.1. The summed E-state index contributed by atoms with van der Waals surface area (Å²) in [4.78, 5) is 20.8. The van der Waals surface area contributed by atoms with Gasteiger partial charge in [-0.1, -0.05) is 48.2 Å². The molecule has 0 unspecified atom stereocenters. The highest BCUT2D eigenvalue weighted by molar-refractivity contribution is 7.99. The van der Waals surface area contributed by atoms with Gasteiger partial charge >= 0.3 is 12.1 Å². The molecule has 1 fully saturated rings. The van der Waals surface area contributed by atoms with Crippen LogP contribution in [-0.4, -0.2) is 74.8 Å². The van der Waals surface area contributed by atoms with E-state index in [1.54, 1.807) is 6.07 Å². The van der Waals surface area contributed by atoms with Gasteiger partial charge in [0.2, 0.25) is 0 Å². The Morgan fingerprint density at radius 1 is 0.800 bits per heavy atom. The van der Waals surface area contributed by atoms with Gasteiger partial charge in [-0.15, -0.1) is 0 Å². The van der Waals surface area contributed by atoms with E-state index in [0.29, 0.717) is 30.2 Å². The topological polar surface area (TPSA) is 71.3 Å². The molecule has 11 heteroatoms. The Morgan fingerprint density at radius 2 is 1.47 bits per heavy atom. The maximum Gasteiger partial charge on any atom is 0.416 e. The summed E-state index contributed by atoms with van der Waals surface area (Å²) in [5.41, 5.74) is 7.48. The van der Waals surface area contributed by atoms with E-state index in [1.165, 1.54) is 17.8 Å². The number of hydrogen-bond acceptors (Lipinski definition) is 8. The number of nitrogens with two attached hydrogens (primary N) is 1. The maximum absolute atomic E-state index is 13.5. The van der Waals surface area contributed by atoms with Crippen molar-refractivity contribution in [2.45, 2.75) is 22.4 Å². The van der Waals surface area contributed by atoms with Crippen LogP contribution in [0.15, 0.2) is 88.7 Å². The van der Waals surface area contributed by atoms with Crippen LogP contribution in [0, 0.1) is 0 Å². The minimum absolute atomic E-state index is 0.210. The summed E-state index contributed by atoms with van der Waals surface area (Å²) in [6.07, 6.45) is -3.57. The van der Waals surface area contributed by atoms with Gasteiger partial charge in [0, 0.05) is 49.1 Å². The summed E-state index contributed by atoms with van der Waals surface area (Å²) in [6.45, 7) is 5.62. The maximum atomic E-state index is 13.5. The summed E-state index contributed by atoms with van der Waals surface area (Å²) in [7, 11) is 0. The first-order valence-electron chi connectivity index (χ1n) is 15.0. The zero-order chi connectivity index (χ0) is 31.4. The third-order valence-corrected chi connectivity index (χ3v) is 9.30. The molecule has 0 spiro atoms. The molecule has 6 rings (SSSR count). The van der Waals surface area contributed by atoms with Gasteiger partial charge in [0.25, 0.3) is 0 Å². The van der Waals surface area contributed by atoms with Crippen LogP contribution in [0.25, 0.3) is 10.8 Å². The van der Waals surface area contributed by atoms with Crippen LogP contribution in [0.5, 0.6) is 5.75 Å².